The molecule has 0 aromatic rings. The van der Waals surface area contributed by atoms with Gasteiger partial charge < -0.3 is 4.74 Å². The van der Waals surface area contributed by atoms with Crippen LogP contribution in [0, 0.1) is 0 Å². The van der Waals surface area contributed by atoms with E-state index in [4.69, 9.17) is 4.74 Å². The Hall–Kier alpha value is -0.0400. The lowest BCUT2D eigenvalue weighted by Crippen LogP contribution is -1.97. The standard InChI is InChI=1S/C19H40O/c1-3-5-7-9-10-11-12-13-15-17-19-20-18-16-14-8-6-4-2/h3-19H2,1-2H3. The van der Waals surface area contributed by atoms with Gasteiger partial charge in [0, 0.05) is 13.2 Å². The van der Waals surface area contributed by atoms with Gasteiger partial charge in [0.25, 0.3) is 0 Å². The Labute approximate surface area is 128 Å². The molecule has 1 heteroatoms. The Morgan fingerprint density at radius 3 is 1.05 bits per heavy atom. The fourth-order valence-electron chi connectivity index (χ4n) is 2.60. The van der Waals surface area contributed by atoms with Crippen molar-refractivity contribution >= 4 is 0 Å². The van der Waals surface area contributed by atoms with Crippen molar-refractivity contribution in [1.29, 1.82) is 0 Å². The molecular formula is C19H40O. The van der Waals surface area contributed by atoms with Gasteiger partial charge >= 0.3 is 0 Å². The summed E-state index contributed by atoms with van der Waals surface area (Å²) in [5.74, 6) is 0. The topological polar surface area (TPSA) is 9.23 Å². The van der Waals surface area contributed by atoms with Gasteiger partial charge in [0.05, 0.1) is 0 Å². The maximum atomic E-state index is 5.69. The highest BCUT2D eigenvalue weighted by atomic mass is 16.5. The smallest absolute Gasteiger partial charge is 0.0466 e. The van der Waals surface area contributed by atoms with Gasteiger partial charge in [0.15, 0.2) is 0 Å². The molecule has 20 heavy (non-hydrogen) atoms. The first kappa shape index (κ1) is 20.0. The second-order valence-electron chi connectivity index (χ2n) is 6.21. The molecular weight excluding hydrogens is 244 g/mol. The van der Waals surface area contributed by atoms with Crippen molar-refractivity contribution in [1.82, 2.24) is 0 Å². The fraction of sp³-hybridized carbons (Fsp3) is 1.00. The molecule has 0 rings (SSSR count). The highest BCUT2D eigenvalue weighted by Crippen LogP contribution is 2.10. The van der Waals surface area contributed by atoms with Gasteiger partial charge in [-0.15, -0.1) is 0 Å². The minimum atomic E-state index is 0.987. The molecule has 0 N–H and O–H groups in total. The summed E-state index contributed by atoms with van der Waals surface area (Å²) in [4.78, 5) is 0. The molecule has 0 bridgehead atoms. The first-order chi connectivity index (χ1) is 9.91. The fourth-order valence-corrected chi connectivity index (χ4v) is 2.60. The quantitative estimate of drug-likeness (QED) is 0.264. The molecule has 0 radical (unpaired) electrons. The van der Waals surface area contributed by atoms with Crippen LogP contribution in [0.2, 0.25) is 0 Å². The van der Waals surface area contributed by atoms with Crippen molar-refractivity contribution in [2.75, 3.05) is 13.2 Å². The van der Waals surface area contributed by atoms with Crippen LogP contribution in [0.15, 0.2) is 0 Å². The largest absolute Gasteiger partial charge is 0.381 e. The summed E-state index contributed by atoms with van der Waals surface area (Å²) in [5.41, 5.74) is 0. The molecule has 0 fully saturated rings. The Kier molecular flexibility index (Phi) is 18.9. The number of hydrogen-bond donors (Lipinski definition) is 0. The average Bonchev–Trinajstić information content (AvgIpc) is 2.47. The van der Waals surface area contributed by atoms with E-state index in [2.05, 4.69) is 13.8 Å². The van der Waals surface area contributed by atoms with Crippen LogP contribution in [0.4, 0.5) is 0 Å². The van der Waals surface area contributed by atoms with Crippen molar-refractivity contribution < 1.29 is 4.74 Å². The third-order valence-electron chi connectivity index (χ3n) is 4.03. The Morgan fingerprint density at radius 1 is 0.400 bits per heavy atom. The van der Waals surface area contributed by atoms with Gasteiger partial charge in [0.1, 0.15) is 0 Å². The lowest BCUT2D eigenvalue weighted by Gasteiger charge is -2.04. The van der Waals surface area contributed by atoms with E-state index in [1.165, 1.54) is 96.3 Å². The van der Waals surface area contributed by atoms with E-state index in [-0.39, 0.29) is 0 Å². The molecule has 0 heterocycles. The summed E-state index contributed by atoms with van der Waals surface area (Å²) < 4.78 is 5.69. The summed E-state index contributed by atoms with van der Waals surface area (Å²) in [6.45, 7) is 6.53. The second-order valence-corrected chi connectivity index (χ2v) is 6.21. The first-order valence-corrected chi connectivity index (χ1v) is 9.49. The van der Waals surface area contributed by atoms with Gasteiger partial charge in [0.2, 0.25) is 0 Å². The molecule has 0 amide bonds. The zero-order chi connectivity index (χ0) is 14.7. The van der Waals surface area contributed by atoms with E-state index in [0.717, 1.165) is 13.2 Å². The normalized spacial score (nSPS) is 11.1. The van der Waals surface area contributed by atoms with Crippen molar-refractivity contribution in [3.63, 3.8) is 0 Å². The van der Waals surface area contributed by atoms with Crippen LogP contribution < -0.4 is 0 Å². The molecule has 0 aliphatic carbocycles. The van der Waals surface area contributed by atoms with Crippen LogP contribution >= 0.6 is 0 Å². The molecule has 1 nitrogen and oxygen atoms in total. The minimum absolute atomic E-state index is 0.987. The zero-order valence-electron chi connectivity index (χ0n) is 14.4. The van der Waals surface area contributed by atoms with Crippen LogP contribution in [0.5, 0.6) is 0 Å². The van der Waals surface area contributed by atoms with E-state index in [1.54, 1.807) is 0 Å². The van der Waals surface area contributed by atoms with Gasteiger partial charge in [-0.2, -0.15) is 0 Å². The molecule has 0 saturated heterocycles. The Morgan fingerprint density at radius 2 is 0.700 bits per heavy atom. The van der Waals surface area contributed by atoms with Crippen molar-refractivity contribution in [3.05, 3.63) is 0 Å². The minimum Gasteiger partial charge on any atom is -0.381 e. The SMILES string of the molecule is CCCCCCCCCCCCOCCCCCCC. The van der Waals surface area contributed by atoms with Gasteiger partial charge in [-0.25, -0.2) is 0 Å². The molecule has 0 atom stereocenters. The van der Waals surface area contributed by atoms with Gasteiger partial charge in [-0.1, -0.05) is 97.3 Å². The second kappa shape index (κ2) is 19.0. The molecule has 122 valence electrons. The summed E-state index contributed by atoms with van der Waals surface area (Å²) in [6.07, 6.45) is 20.8. The Balaban J connectivity index is 2.89. The monoisotopic (exact) mass is 284 g/mol. The third-order valence-corrected chi connectivity index (χ3v) is 4.03. The number of ether oxygens (including phenoxy) is 1. The highest BCUT2D eigenvalue weighted by Gasteiger charge is 1.94. The lowest BCUT2D eigenvalue weighted by molar-refractivity contribution is 0.125. The van der Waals surface area contributed by atoms with Gasteiger partial charge in [-0.3, -0.25) is 0 Å². The molecule has 0 aromatic carbocycles. The van der Waals surface area contributed by atoms with E-state index in [1.807, 2.05) is 0 Å². The van der Waals surface area contributed by atoms with Crippen molar-refractivity contribution in [2.45, 2.75) is 110 Å². The van der Waals surface area contributed by atoms with Crippen LogP contribution in [0.1, 0.15) is 110 Å². The highest BCUT2D eigenvalue weighted by molar-refractivity contribution is 4.47. The summed E-state index contributed by atoms with van der Waals surface area (Å²) >= 11 is 0. The first-order valence-electron chi connectivity index (χ1n) is 9.49. The van der Waals surface area contributed by atoms with E-state index < -0.39 is 0 Å². The predicted octanol–water partition coefficient (Wildman–Crippen LogP) is 6.89. The molecule has 0 spiro atoms. The lowest BCUT2D eigenvalue weighted by atomic mass is 10.1. The maximum Gasteiger partial charge on any atom is 0.0466 e. The molecule has 0 unspecified atom stereocenters. The number of unbranched alkanes of at least 4 members (excludes halogenated alkanes) is 13. The molecule has 0 aliphatic heterocycles. The zero-order valence-corrected chi connectivity index (χ0v) is 14.4. The van der Waals surface area contributed by atoms with Crippen LogP contribution in [0.25, 0.3) is 0 Å². The van der Waals surface area contributed by atoms with Crippen LogP contribution in [-0.2, 0) is 4.74 Å². The van der Waals surface area contributed by atoms with Crippen LogP contribution in [0.3, 0.4) is 0 Å². The van der Waals surface area contributed by atoms with E-state index in [9.17, 15) is 0 Å². The van der Waals surface area contributed by atoms with E-state index in [0.29, 0.717) is 0 Å². The van der Waals surface area contributed by atoms with Crippen molar-refractivity contribution in [2.24, 2.45) is 0 Å². The summed E-state index contributed by atoms with van der Waals surface area (Å²) in [6, 6.07) is 0. The third kappa shape index (κ3) is 18.0. The van der Waals surface area contributed by atoms with Crippen molar-refractivity contribution in [3.8, 4) is 0 Å². The van der Waals surface area contributed by atoms with E-state index >= 15 is 0 Å². The summed E-state index contributed by atoms with van der Waals surface area (Å²) in [7, 11) is 0. The maximum absolute atomic E-state index is 5.69. The summed E-state index contributed by atoms with van der Waals surface area (Å²) in [5, 5.41) is 0. The van der Waals surface area contributed by atoms with Crippen LogP contribution in [-0.4, -0.2) is 13.2 Å². The predicted molar refractivity (Wildman–Crippen MR) is 91.4 cm³/mol. The molecule has 0 saturated carbocycles. The van der Waals surface area contributed by atoms with Gasteiger partial charge in [-0.05, 0) is 12.8 Å². The molecule has 0 aromatic heterocycles. The Bertz CT molecular complexity index is 138. The molecule has 0 aliphatic rings. The number of rotatable bonds is 17. The average molecular weight is 285 g/mol. The number of hydrogen-bond acceptors (Lipinski definition) is 1.